The lowest BCUT2D eigenvalue weighted by Gasteiger charge is -2.06. The molecule has 24 heavy (non-hydrogen) atoms. The molecular weight excluding hydrogens is 304 g/mol. The molecule has 3 rings (SSSR count). The van der Waals surface area contributed by atoms with Crippen LogP contribution in [0.4, 0.5) is 5.82 Å². The van der Waals surface area contributed by atoms with Gasteiger partial charge in [-0.1, -0.05) is 26.8 Å². The second-order valence-electron chi connectivity index (χ2n) is 5.78. The van der Waals surface area contributed by atoms with E-state index in [1.807, 2.05) is 31.2 Å². The van der Waals surface area contributed by atoms with E-state index in [2.05, 4.69) is 39.4 Å². The van der Waals surface area contributed by atoms with Crippen molar-refractivity contribution in [3.05, 3.63) is 53.6 Å². The van der Waals surface area contributed by atoms with Crippen LogP contribution in [0, 0.1) is 0 Å². The van der Waals surface area contributed by atoms with Crippen molar-refractivity contribution < 1.29 is 4.79 Å². The van der Waals surface area contributed by atoms with E-state index >= 15 is 0 Å². The molecule has 0 unspecified atom stereocenters. The second kappa shape index (κ2) is 6.66. The van der Waals surface area contributed by atoms with Crippen LogP contribution < -0.4 is 5.32 Å². The molecule has 0 aromatic carbocycles. The predicted octanol–water partition coefficient (Wildman–Crippen LogP) is 2.93. The Morgan fingerprint density at radius 2 is 2.21 bits per heavy atom. The third-order valence-corrected chi connectivity index (χ3v) is 3.78. The number of nitrogens with zero attached hydrogens (tertiary/aromatic N) is 4. The fourth-order valence-corrected chi connectivity index (χ4v) is 2.46. The number of hydrogen-bond donors (Lipinski definition) is 2. The quantitative estimate of drug-likeness (QED) is 0.755. The van der Waals surface area contributed by atoms with Crippen LogP contribution in [0.5, 0.6) is 0 Å². The topological polar surface area (TPSA) is 88.5 Å². The Morgan fingerprint density at radius 1 is 1.38 bits per heavy atom. The van der Waals surface area contributed by atoms with Crippen molar-refractivity contribution in [3.63, 3.8) is 0 Å². The van der Waals surface area contributed by atoms with E-state index in [-0.39, 0.29) is 5.91 Å². The number of H-pyrrole nitrogens is 1. The highest BCUT2D eigenvalue weighted by Gasteiger charge is 2.18. The fraction of sp³-hybridized carbons (Fsp3) is 0.294. The number of anilines is 1. The molecule has 1 amide bonds. The standard InChI is InChI=1S/C17H20N6O/c1-4-14-12(10-19-23(14)16-7-5-6-8-18-16)17(24)20-15-9-13(11(2)3)21-22-15/h5-11H,4H2,1-3H3,(H2,20,21,22,24). The molecule has 0 atom stereocenters. The SMILES string of the molecule is CCc1c(C(=O)Nc2cc(C(C)C)[nH]n2)cnn1-c1ccccn1. The second-order valence-corrected chi connectivity index (χ2v) is 5.78. The molecule has 0 saturated carbocycles. The van der Waals surface area contributed by atoms with Crippen molar-refractivity contribution in [2.75, 3.05) is 5.32 Å². The molecule has 7 nitrogen and oxygen atoms in total. The maximum absolute atomic E-state index is 12.6. The van der Waals surface area contributed by atoms with Gasteiger partial charge < -0.3 is 5.32 Å². The van der Waals surface area contributed by atoms with E-state index in [1.165, 1.54) is 0 Å². The number of carbonyl (C=O) groups excluding carboxylic acids is 1. The molecule has 124 valence electrons. The van der Waals surface area contributed by atoms with Gasteiger partial charge in [0.1, 0.15) is 0 Å². The number of rotatable bonds is 5. The summed E-state index contributed by atoms with van der Waals surface area (Å²) in [5.74, 6) is 1.30. The first-order valence-electron chi connectivity index (χ1n) is 7.95. The van der Waals surface area contributed by atoms with Crippen LogP contribution >= 0.6 is 0 Å². The highest BCUT2D eigenvalue weighted by atomic mass is 16.1. The predicted molar refractivity (Wildman–Crippen MR) is 91.4 cm³/mol. The zero-order valence-corrected chi connectivity index (χ0v) is 13.9. The van der Waals surface area contributed by atoms with E-state index in [4.69, 9.17) is 0 Å². The molecule has 0 bridgehead atoms. The summed E-state index contributed by atoms with van der Waals surface area (Å²) < 4.78 is 1.69. The van der Waals surface area contributed by atoms with E-state index < -0.39 is 0 Å². The summed E-state index contributed by atoms with van der Waals surface area (Å²) in [4.78, 5) is 16.9. The van der Waals surface area contributed by atoms with Crippen LogP contribution in [0.25, 0.3) is 5.82 Å². The number of hydrogen-bond acceptors (Lipinski definition) is 4. The summed E-state index contributed by atoms with van der Waals surface area (Å²) in [5.41, 5.74) is 2.31. The summed E-state index contributed by atoms with van der Waals surface area (Å²) in [6.45, 7) is 6.11. The minimum atomic E-state index is -0.226. The zero-order chi connectivity index (χ0) is 17.1. The average Bonchev–Trinajstić information content (AvgIpc) is 3.22. The summed E-state index contributed by atoms with van der Waals surface area (Å²) >= 11 is 0. The Balaban J connectivity index is 1.86. The molecule has 0 fully saturated rings. The Morgan fingerprint density at radius 3 is 2.83 bits per heavy atom. The molecule has 3 heterocycles. The van der Waals surface area contributed by atoms with Gasteiger partial charge in [0, 0.05) is 18.0 Å². The Bertz CT molecular complexity index is 834. The lowest BCUT2D eigenvalue weighted by Crippen LogP contribution is -2.14. The van der Waals surface area contributed by atoms with Gasteiger partial charge in [-0.05, 0) is 24.5 Å². The minimum Gasteiger partial charge on any atom is -0.305 e. The van der Waals surface area contributed by atoms with Gasteiger partial charge in [0.2, 0.25) is 0 Å². The summed E-state index contributed by atoms with van der Waals surface area (Å²) in [6.07, 6.45) is 3.93. The van der Waals surface area contributed by atoms with Crippen LogP contribution in [0.2, 0.25) is 0 Å². The Kier molecular flexibility index (Phi) is 4.41. The molecule has 7 heteroatoms. The van der Waals surface area contributed by atoms with Gasteiger partial charge in [0.15, 0.2) is 11.6 Å². The molecular formula is C17H20N6O. The molecule has 0 aliphatic heterocycles. The summed E-state index contributed by atoms with van der Waals surface area (Å²) in [5, 5.41) is 14.2. The molecule has 0 aliphatic carbocycles. The van der Waals surface area contributed by atoms with Crippen molar-refractivity contribution >= 4 is 11.7 Å². The maximum atomic E-state index is 12.6. The normalized spacial score (nSPS) is 11.0. The number of pyridine rings is 1. The van der Waals surface area contributed by atoms with Gasteiger partial charge in [-0.15, -0.1) is 0 Å². The van der Waals surface area contributed by atoms with Gasteiger partial charge in [-0.25, -0.2) is 9.67 Å². The van der Waals surface area contributed by atoms with E-state index in [0.717, 1.165) is 11.4 Å². The Labute approximate surface area is 140 Å². The summed E-state index contributed by atoms with van der Waals surface area (Å²) in [6, 6.07) is 7.43. The number of aromatic nitrogens is 5. The summed E-state index contributed by atoms with van der Waals surface area (Å²) in [7, 11) is 0. The van der Waals surface area contributed by atoms with Crippen LogP contribution in [-0.2, 0) is 6.42 Å². The number of carbonyl (C=O) groups is 1. The van der Waals surface area contributed by atoms with Crippen LogP contribution in [-0.4, -0.2) is 30.9 Å². The molecule has 0 radical (unpaired) electrons. The highest BCUT2D eigenvalue weighted by molar-refractivity contribution is 6.04. The van der Waals surface area contributed by atoms with Crippen molar-refractivity contribution in [1.29, 1.82) is 0 Å². The zero-order valence-electron chi connectivity index (χ0n) is 13.9. The van der Waals surface area contributed by atoms with Crippen LogP contribution in [0.3, 0.4) is 0 Å². The lowest BCUT2D eigenvalue weighted by atomic mass is 10.1. The average molecular weight is 324 g/mol. The maximum Gasteiger partial charge on any atom is 0.260 e. The van der Waals surface area contributed by atoms with Gasteiger partial charge >= 0.3 is 0 Å². The van der Waals surface area contributed by atoms with Gasteiger partial charge in [0.25, 0.3) is 5.91 Å². The van der Waals surface area contributed by atoms with Crippen molar-refractivity contribution in [2.24, 2.45) is 0 Å². The third-order valence-electron chi connectivity index (χ3n) is 3.78. The first-order chi connectivity index (χ1) is 11.6. The van der Waals surface area contributed by atoms with Crippen molar-refractivity contribution in [1.82, 2.24) is 25.0 Å². The minimum absolute atomic E-state index is 0.226. The molecule has 3 aromatic rings. The third kappa shape index (κ3) is 3.05. The smallest absolute Gasteiger partial charge is 0.260 e. The van der Waals surface area contributed by atoms with Crippen LogP contribution in [0.15, 0.2) is 36.7 Å². The first kappa shape index (κ1) is 15.9. The van der Waals surface area contributed by atoms with E-state index in [9.17, 15) is 4.79 Å². The van der Waals surface area contributed by atoms with E-state index in [0.29, 0.717) is 29.5 Å². The largest absolute Gasteiger partial charge is 0.305 e. The van der Waals surface area contributed by atoms with Gasteiger partial charge in [0.05, 0.1) is 17.5 Å². The molecule has 0 aliphatic rings. The highest BCUT2D eigenvalue weighted by Crippen LogP contribution is 2.18. The number of amides is 1. The van der Waals surface area contributed by atoms with Gasteiger partial charge in [-0.3, -0.25) is 9.89 Å². The van der Waals surface area contributed by atoms with Gasteiger partial charge in [-0.2, -0.15) is 10.2 Å². The van der Waals surface area contributed by atoms with Crippen molar-refractivity contribution in [3.8, 4) is 5.82 Å². The molecule has 3 aromatic heterocycles. The van der Waals surface area contributed by atoms with Crippen LogP contribution in [0.1, 0.15) is 48.4 Å². The number of nitrogens with one attached hydrogen (secondary N) is 2. The molecule has 2 N–H and O–H groups in total. The molecule has 0 spiro atoms. The first-order valence-corrected chi connectivity index (χ1v) is 7.95. The lowest BCUT2D eigenvalue weighted by molar-refractivity contribution is 0.102. The monoisotopic (exact) mass is 324 g/mol. The molecule has 0 saturated heterocycles. The number of aromatic amines is 1. The Hall–Kier alpha value is -2.96. The fourth-order valence-electron chi connectivity index (χ4n) is 2.46. The van der Waals surface area contributed by atoms with Crippen molar-refractivity contribution in [2.45, 2.75) is 33.1 Å². The van der Waals surface area contributed by atoms with E-state index in [1.54, 1.807) is 17.1 Å².